The molecule has 20 heavy (non-hydrogen) atoms. The fourth-order valence-corrected chi connectivity index (χ4v) is 3.34. The number of benzene rings is 1. The highest BCUT2D eigenvalue weighted by atomic mass is 15.3. The van der Waals surface area contributed by atoms with Crippen molar-refractivity contribution < 1.29 is 0 Å². The fourth-order valence-electron chi connectivity index (χ4n) is 3.34. The first-order valence-corrected chi connectivity index (χ1v) is 7.15. The van der Waals surface area contributed by atoms with Crippen LogP contribution in [-0.4, -0.2) is 47.8 Å². The van der Waals surface area contributed by atoms with Crippen LogP contribution < -0.4 is 4.90 Å². The van der Waals surface area contributed by atoms with Gasteiger partial charge in [-0.05, 0) is 19.2 Å². The van der Waals surface area contributed by atoms with Crippen LogP contribution in [0.25, 0.3) is 11.3 Å². The maximum Gasteiger partial charge on any atom is 0.151 e. The number of anilines is 1. The van der Waals surface area contributed by atoms with Crippen LogP contribution in [0.15, 0.2) is 42.5 Å². The third-order valence-electron chi connectivity index (χ3n) is 4.54. The number of aromatic nitrogens is 2. The van der Waals surface area contributed by atoms with E-state index in [0.29, 0.717) is 6.04 Å². The van der Waals surface area contributed by atoms with Crippen molar-refractivity contribution in [2.45, 2.75) is 6.04 Å². The lowest BCUT2D eigenvalue weighted by molar-refractivity contribution is 0.0827. The minimum absolute atomic E-state index is 0.714. The number of rotatable bonds is 2. The zero-order valence-corrected chi connectivity index (χ0v) is 11.6. The van der Waals surface area contributed by atoms with Gasteiger partial charge in [0.15, 0.2) is 5.82 Å². The summed E-state index contributed by atoms with van der Waals surface area (Å²) in [5.41, 5.74) is 2.06. The summed E-state index contributed by atoms with van der Waals surface area (Å²) in [6.45, 7) is 3.42. The lowest BCUT2D eigenvalue weighted by Crippen LogP contribution is -2.52. The first-order valence-electron chi connectivity index (χ1n) is 7.15. The van der Waals surface area contributed by atoms with Crippen LogP contribution in [0.4, 0.5) is 5.82 Å². The van der Waals surface area contributed by atoms with Crippen LogP contribution in [0.2, 0.25) is 0 Å². The topological polar surface area (TPSA) is 32.3 Å². The number of hydrogen-bond donors (Lipinski definition) is 0. The Balaban J connectivity index is 1.54. The normalized spacial score (nSPS) is 25.4. The largest absolute Gasteiger partial charge is 0.353 e. The molecule has 2 aliphatic rings. The van der Waals surface area contributed by atoms with Gasteiger partial charge in [0, 0.05) is 37.2 Å². The average Bonchev–Trinajstić information content (AvgIpc) is 2.86. The van der Waals surface area contributed by atoms with Gasteiger partial charge in [-0.15, -0.1) is 10.2 Å². The maximum atomic E-state index is 4.42. The Kier molecular flexibility index (Phi) is 2.70. The highest BCUT2D eigenvalue weighted by molar-refractivity contribution is 5.59. The van der Waals surface area contributed by atoms with E-state index in [9.17, 15) is 0 Å². The van der Waals surface area contributed by atoms with Gasteiger partial charge in [-0.25, -0.2) is 0 Å². The quantitative estimate of drug-likeness (QED) is 0.831. The van der Waals surface area contributed by atoms with Gasteiger partial charge in [0.25, 0.3) is 0 Å². The van der Waals surface area contributed by atoms with Gasteiger partial charge in [0.05, 0.1) is 5.69 Å². The minimum Gasteiger partial charge on any atom is -0.353 e. The molecular formula is C16H18N4. The number of likely N-dealkylation sites (tertiary alicyclic amines) is 1. The second-order valence-electron chi connectivity index (χ2n) is 5.81. The molecule has 0 radical (unpaired) electrons. The van der Waals surface area contributed by atoms with Crippen LogP contribution in [0.3, 0.4) is 0 Å². The molecule has 102 valence electrons. The predicted molar refractivity (Wildman–Crippen MR) is 79.6 cm³/mol. The Morgan fingerprint density at radius 3 is 2.45 bits per heavy atom. The summed E-state index contributed by atoms with van der Waals surface area (Å²) in [5, 5.41) is 8.79. The molecular weight excluding hydrogens is 248 g/mol. The standard InChI is InChI=1S/C16H18N4/c1-19-9-13-10-20(11-15(13)19)16-8-7-14(17-18-16)12-5-3-2-4-6-12/h2-8,13,15H,9-11H2,1H3/t13-,15+/m1/s1. The van der Waals surface area contributed by atoms with Crippen molar-refractivity contribution in [2.75, 3.05) is 31.6 Å². The first-order chi connectivity index (χ1) is 9.81. The number of fused-ring (bicyclic) bond motifs is 1. The Bertz CT molecular complexity index is 596. The zero-order chi connectivity index (χ0) is 13.5. The smallest absolute Gasteiger partial charge is 0.151 e. The van der Waals surface area contributed by atoms with Gasteiger partial charge in [0.2, 0.25) is 0 Å². The second kappa shape index (κ2) is 4.56. The zero-order valence-electron chi connectivity index (χ0n) is 11.6. The third-order valence-corrected chi connectivity index (χ3v) is 4.54. The summed E-state index contributed by atoms with van der Waals surface area (Å²) in [7, 11) is 2.20. The Hall–Kier alpha value is -1.94. The Morgan fingerprint density at radius 2 is 1.80 bits per heavy atom. The summed E-state index contributed by atoms with van der Waals surface area (Å²) >= 11 is 0. The van der Waals surface area contributed by atoms with Crippen molar-refractivity contribution in [1.29, 1.82) is 0 Å². The predicted octanol–water partition coefficient (Wildman–Crippen LogP) is 1.89. The van der Waals surface area contributed by atoms with Crippen molar-refractivity contribution in [1.82, 2.24) is 15.1 Å². The molecule has 0 spiro atoms. The van der Waals surface area contributed by atoms with Crippen molar-refractivity contribution in [3.63, 3.8) is 0 Å². The van der Waals surface area contributed by atoms with Gasteiger partial charge in [-0.1, -0.05) is 30.3 Å². The van der Waals surface area contributed by atoms with E-state index in [0.717, 1.165) is 36.1 Å². The molecule has 2 atom stereocenters. The Labute approximate surface area is 119 Å². The highest BCUT2D eigenvalue weighted by Gasteiger charge is 2.43. The minimum atomic E-state index is 0.714. The molecule has 0 amide bonds. The van der Waals surface area contributed by atoms with Crippen LogP contribution in [0.1, 0.15) is 0 Å². The SMILES string of the molecule is CN1C[C@@H]2CN(c3ccc(-c4ccccc4)nn3)C[C@@H]21. The van der Waals surface area contributed by atoms with Gasteiger partial charge >= 0.3 is 0 Å². The summed E-state index contributed by atoms with van der Waals surface area (Å²) < 4.78 is 0. The van der Waals surface area contributed by atoms with Crippen LogP contribution in [0, 0.1) is 5.92 Å². The average molecular weight is 266 g/mol. The van der Waals surface area contributed by atoms with Crippen LogP contribution in [0.5, 0.6) is 0 Å². The molecule has 1 aromatic carbocycles. The molecule has 0 aliphatic carbocycles. The molecule has 2 saturated heterocycles. The third kappa shape index (κ3) is 1.88. The van der Waals surface area contributed by atoms with E-state index < -0.39 is 0 Å². The van der Waals surface area contributed by atoms with Gasteiger partial charge < -0.3 is 9.80 Å². The second-order valence-corrected chi connectivity index (χ2v) is 5.81. The molecule has 0 unspecified atom stereocenters. The molecule has 0 N–H and O–H groups in total. The summed E-state index contributed by atoms with van der Waals surface area (Å²) in [6, 6.07) is 15.1. The summed E-state index contributed by atoms with van der Waals surface area (Å²) in [6.07, 6.45) is 0. The molecule has 4 rings (SSSR count). The van der Waals surface area contributed by atoms with Crippen LogP contribution in [-0.2, 0) is 0 Å². The highest BCUT2D eigenvalue weighted by Crippen LogP contribution is 2.32. The van der Waals surface area contributed by atoms with Gasteiger partial charge in [0.1, 0.15) is 0 Å². The lowest BCUT2D eigenvalue weighted by Gasteiger charge is -2.40. The van der Waals surface area contributed by atoms with E-state index in [1.807, 2.05) is 18.2 Å². The molecule has 0 bridgehead atoms. The molecule has 2 aliphatic heterocycles. The molecule has 4 heteroatoms. The lowest BCUT2D eigenvalue weighted by atomic mass is 9.93. The number of nitrogens with zero attached hydrogens (tertiary/aromatic N) is 4. The first kappa shape index (κ1) is 11.9. The van der Waals surface area contributed by atoms with E-state index in [4.69, 9.17) is 0 Å². The van der Waals surface area contributed by atoms with Crippen LogP contribution >= 0.6 is 0 Å². The van der Waals surface area contributed by atoms with E-state index in [2.05, 4.69) is 51.3 Å². The molecule has 2 fully saturated rings. The van der Waals surface area contributed by atoms with Crippen molar-refractivity contribution in [3.05, 3.63) is 42.5 Å². The molecule has 0 saturated carbocycles. The molecule has 4 nitrogen and oxygen atoms in total. The summed E-state index contributed by atoms with van der Waals surface area (Å²) in [4.78, 5) is 4.79. The van der Waals surface area contributed by atoms with Crippen molar-refractivity contribution in [2.24, 2.45) is 5.92 Å². The molecule has 1 aromatic heterocycles. The number of hydrogen-bond acceptors (Lipinski definition) is 4. The van der Waals surface area contributed by atoms with E-state index >= 15 is 0 Å². The molecule has 3 heterocycles. The number of likely N-dealkylation sites (N-methyl/N-ethyl adjacent to an activating group) is 1. The van der Waals surface area contributed by atoms with Gasteiger partial charge in [-0.2, -0.15) is 0 Å². The van der Waals surface area contributed by atoms with E-state index in [-0.39, 0.29) is 0 Å². The van der Waals surface area contributed by atoms with E-state index in [1.165, 1.54) is 6.54 Å². The Morgan fingerprint density at radius 1 is 0.950 bits per heavy atom. The van der Waals surface area contributed by atoms with Crippen molar-refractivity contribution in [3.8, 4) is 11.3 Å². The fraction of sp³-hybridized carbons (Fsp3) is 0.375. The monoisotopic (exact) mass is 266 g/mol. The van der Waals surface area contributed by atoms with E-state index in [1.54, 1.807) is 0 Å². The van der Waals surface area contributed by atoms with Crippen molar-refractivity contribution >= 4 is 5.82 Å². The summed E-state index contributed by atoms with van der Waals surface area (Å²) in [5.74, 6) is 1.82. The van der Waals surface area contributed by atoms with Gasteiger partial charge in [-0.3, -0.25) is 0 Å². The molecule has 2 aromatic rings. The maximum absolute atomic E-state index is 4.42.